The van der Waals surface area contributed by atoms with Crippen LogP contribution >= 0.6 is 0 Å². The van der Waals surface area contributed by atoms with Crippen LogP contribution in [0.1, 0.15) is 78.0 Å². The molecule has 1 aromatic rings. The number of amides is 4. The Hall–Kier alpha value is -2.63. The van der Waals surface area contributed by atoms with E-state index in [1.807, 2.05) is 48.5 Å². The van der Waals surface area contributed by atoms with Crippen LogP contribution in [-0.4, -0.2) is 34.4 Å². The molecule has 1 aromatic carbocycles. The number of nitrogens with zero attached hydrogens (tertiary/aromatic N) is 1. The first-order chi connectivity index (χ1) is 13.3. The minimum Gasteiger partial charge on any atom is -0.507 e. The summed E-state index contributed by atoms with van der Waals surface area (Å²) in [7, 11) is 0. The van der Waals surface area contributed by atoms with E-state index >= 15 is 0 Å². The van der Waals surface area contributed by atoms with E-state index < -0.39 is 17.8 Å². The molecule has 0 aliphatic carbocycles. The minimum atomic E-state index is -0.699. The SMILES string of the molecule is CCCCN1C(=O)NC(=O)C(=Cc2cc(C(C)(C)C)c(O)c(C(C)(C)C)c2)C1=O. The summed E-state index contributed by atoms with van der Waals surface area (Å²) >= 11 is 0. The molecule has 1 heterocycles. The van der Waals surface area contributed by atoms with Crippen LogP contribution < -0.4 is 5.32 Å². The Bertz CT molecular complexity index is 835. The topological polar surface area (TPSA) is 86.7 Å². The van der Waals surface area contributed by atoms with Crippen molar-refractivity contribution in [3.8, 4) is 5.75 Å². The molecule has 0 saturated carbocycles. The zero-order valence-corrected chi connectivity index (χ0v) is 18.5. The Kier molecular flexibility index (Phi) is 6.26. The van der Waals surface area contributed by atoms with Crippen molar-refractivity contribution in [3.05, 3.63) is 34.4 Å². The fraction of sp³-hybridized carbons (Fsp3) is 0.522. The molecule has 0 unspecified atom stereocenters. The van der Waals surface area contributed by atoms with E-state index in [1.54, 1.807) is 12.1 Å². The maximum atomic E-state index is 12.8. The van der Waals surface area contributed by atoms with E-state index in [-0.39, 0.29) is 28.7 Å². The Morgan fingerprint density at radius 1 is 1.00 bits per heavy atom. The van der Waals surface area contributed by atoms with Crippen molar-refractivity contribution in [1.29, 1.82) is 0 Å². The summed E-state index contributed by atoms with van der Waals surface area (Å²) in [6.07, 6.45) is 3.00. The quantitative estimate of drug-likeness (QED) is 0.584. The van der Waals surface area contributed by atoms with Gasteiger partial charge >= 0.3 is 6.03 Å². The number of carbonyl (C=O) groups is 3. The third-order valence-electron chi connectivity index (χ3n) is 4.98. The van der Waals surface area contributed by atoms with Crippen LogP contribution in [-0.2, 0) is 20.4 Å². The maximum Gasteiger partial charge on any atom is 0.331 e. The lowest BCUT2D eigenvalue weighted by Crippen LogP contribution is -2.54. The molecule has 6 heteroatoms. The van der Waals surface area contributed by atoms with Gasteiger partial charge < -0.3 is 5.11 Å². The minimum absolute atomic E-state index is 0.0777. The van der Waals surface area contributed by atoms with Gasteiger partial charge in [0.05, 0.1) is 0 Å². The van der Waals surface area contributed by atoms with E-state index in [0.29, 0.717) is 12.0 Å². The van der Waals surface area contributed by atoms with Crippen LogP contribution in [0.2, 0.25) is 0 Å². The number of aromatic hydroxyl groups is 1. The number of phenols is 1. The van der Waals surface area contributed by atoms with Crippen molar-refractivity contribution >= 4 is 23.9 Å². The van der Waals surface area contributed by atoms with Crippen LogP contribution in [0.25, 0.3) is 6.08 Å². The molecule has 0 aromatic heterocycles. The van der Waals surface area contributed by atoms with Gasteiger partial charge in [-0.1, -0.05) is 54.9 Å². The number of phenolic OH excluding ortho intramolecular Hbond substituents is 1. The Balaban J connectivity index is 2.61. The van der Waals surface area contributed by atoms with Gasteiger partial charge in [0.2, 0.25) is 0 Å². The second-order valence-corrected chi connectivity index (χ2v) is 9.59. The summed E-state index contributed by atoms with van der Waals surface area (Å²) in [6.45, 7) is 14.2. The summed E-state index contributed by atoms with van der Waals surface area (Å²) in [5, 5.41) is 13.1. The number of hydrogen-bond acceptors (Lipinski definition) is 4. The van der Waals surface area contributed by atoms with Gasteiger partial charge in [-0.25, -0.2) is 4.79 Å². The first-order valence-electron chi connectivity index (χ1n) is 10.0. The highest BCUT2D eigenvalue weighted by Crippen LogP contribution is 2.40. The normalized spacial score (nSPS) is 17.1. The van der Waals surface area contributed by atoms with Gasteiger partial charge in [-0.2, -0.15) is 0 Å². The van der Waals surface area contributed by atoms with Gasteiger partial charge in [-0.3, -0.25) is 19.8 Å². The van der Waals surface area contributed by atoms with Crippen molar-refractivity contribution in [2.45, 2.75) is 72.1 Å². The number of carbonyl (C=O) groups excluding carboxylic acids is 3. The molecular formula is C23H32N2O4. The number of benzene rings is 1. The number of barbiturate groups is 1. The molecule has 0 bridgehead atoms. The van der Waals surface area contributed by atoms with E-state index in [0.717, 1.165) is 22.4 Å². The van der Waals surface area contributed by atoms with Gasteiger partial charge in [0, 0.05) is 17.7 Å². The zero-order chi connectivity index (χ0) is 22.1. The second-order valence-electron chi connectivity index (χ2n) is 9.59. The smallest absolute Gasteiger partial charge is 0.331 e. The average Bonchev–Trinajstić information content (AvgIpc) is 2.57. The number of rotatable bonds is 4. The van der Waals surface area contributed by atoms with E-state index in [2.05, 4.69) is 5.32 Å². The van der Waals surface area contributed by atoms with Crippen LogP contribution in [0, 0.1) is 0 Å². The lowest BCUT2D eigenvalue weighted by molar-refractivity contribution is -0.130. The van der Waals surface area contributed by atoms with Crippen LogP contribution in [0.15, 0.2) is 17.7 Å². The number of hydrogen-bond donors (Lipinski definition) is 2. The fourth-order valence-electron chi connectivity index (χ4n) is 3.26. The summed E-state index contributed by atoms with van der Waals surface area (Å²) in [6, 6.07) is 2.91. The summed E-state index contributed by atoms with van der Waals surface area (Å²) in [4.78, 5) is 38.3. The van der Waals surface area contributed by atoms with E-state index in [9.17, 15) is 19.5 Å². The van der Waals surface area contributed by atoms with Gasteiger partial charge in [-0.05, 0) is 41.0 Å². The van der Waals surface area contributed by atoms with Crippen molar-refractivity contribution in [2.75, 3.05) is 6.54 Å². The molecule has 1 saturated heterocycles. The molecule has 6 nitrogen and oxygen atoms in total. The number of imide groups is 2. The maximum absolute atomic E-state index is 12.8. The molecule has 29 heavy (non-hydrogen) atoms. The zero-order valence-electron chi connectivity index (χ0n) is 18.5. The molecular weight excluding hydrogens is 368 g/mol. The molecule has 158 valence electrons. The Morgan fingerprint density at radius 3 is 1.97 bits per heavy atom. The first kappa shape index (κ1) is 22.7. The largest absolute Gasteiger partial charge is 0.507 e. The highest BCUT2D eigenvalue weighted by Gasteiger charge is 2.35. The van der Waals surface area contributed by atoms with Crippen molar-refractivity contribution in [1.82, 2.24) is 10.2 Å². The Labute approximate surface area is 173 Å². The van der Waals surface area contributed by atoms with Crippen LogP contribution in [0.5, 0.6) is 5.75 Å². The lowest BCUT2D eigenvalue weighted by atomic mass is 9.78. The number of nitrogens with one attached hydrogen (secondary N) is 1. The predicted octanol–water partition coefficient (Wildman–Crippen LogP) is 4.25. The monoisotopic (exact) mass is 400 g/mol. The molecule has 0 spiro atoms. The molecule has 0 radical (unpaired) electrons. The first-order valence-corrected chi connectivity index (χ1v) is 10.0. The lowest BCUT2D eigenvalue weighted by Gasteiger charge is -2.28. The molecule has 1 fully saturated rings. The average molecular weight is 401 g/mol. The summed E-state index contributed by atoms with van der Waals surface area (Å²) in [5.41, 5.74) is 1.37. The van der Waals surface area contributed by atoms with Crippen molar-refractivity contribution in [2.24, 2.45) is 0 Å². The van der Waals surface area contributed by atoms with Gasteiger partial charge in [0.1, 0.15) is 11.3 Å². The fourth-order valence-corrected chi connectivity index (χ4v) is 3.26. The number of urea groups is 1. The van der Waals surface area contributed by atoms with Crippen molar-refractivity contribution < 1.29 is 19.5 Å². The molecule has 2 N–H and O–H groups in total. The van der Waals surface area contributed by atoms with Crippen LogP contribution in [0.3, 0.4) is 0 Å². The van der Waals surface area contributed by atoms with Crippen molar-refractivity contribution in [3.63, 3.8) is 0 Å². The van der Waals surface area contributed by atoms with E-state index in [1.165, 1.54) is 6.08 Å². The van der Waals surface area contributed by atoms with Crippen LogP contribution in [0.4, 0.5) is 4.79 Å². The van der Waals surface area contributed by atoms with Gasteiger partial charge in [0.25, 0.3) is 11.8 Å². The molecule has 1 aliphatic heterocycles. The summed E-state index contributed by atoms with van der Waals surface area (Å²) < 4.78 is 0. The standard InChI is InChI=1S/C23H32N2O4/c1-8-9-10-25-20(28)15(19(27)24-21(25)29)11-14-12-16(22(2,3)4)18(26)17(13-14)23(5,6)7/h11-13,26H,8-10H2,1-7H3,(H,24,27,29). The van der Waals surface area contributed by atoms with E-state index in [4.69, 9.17) is 0 Å². The number of unbranched alkanes of at least 4 members (excludes halogenated alkanes) is 1. The third-order valence-corrected chi connectivity index (χ3v) is 4.98. The second kappa shape index (κ2) is 8.01. The third kappa shape index (κ3) is 4.86. The highest BCUT2D eigenvalue weighted by atomic mass is 16.3. The van der Waals surface area contributed by atoms with Gasteiger partial charge in [-0.15, -0.1) is 0 Å². The molecule has 2 rings (SSSR count). The molecule has 1 aliphatic rings. The molecule has 4 amide bonds. The Morgan fingerprint density at radius 2 is 1.52 bits per heavy atom. The summed E-state index contributed by atoms with van der Waals surface area (Å²) in [5.74, 6) is -1.06. The van der Waals surface area contributed by atoms with Gasteiger partial charge in [0.15, 0.2) is 0 Å². The predicted molar refractivity (Wildman–Crippen MR) is 114 cm³/mol. The highest BCUT2D eigenvalue weighted by molar-refractivity contribution is 6.31. The molecule has 0 atom stereocenters.